The summed E-state index contributed by atoms with van der Waals surface area (Å²) in [4.78, 5) is 0. The lowest BCUT2D eigenvalue weighted by atomic mass is 9.28. The predicted molar refractivity (Wildman–Crippen MR) is 56.1 cm³/mol. The molecule has 2 rings (SSSR count). The van der Waals surface area contributed by atoms with Gasteiger partial charge in [-0.05, 0) is 0 Å². The lowest BCUT2D eigenvalue weighted by Gasteiger charge is -2.33. The first-order valence-corrected chi connectivity index (χ1v) is 5.42. The zero-order chi connectivity index (χ0) is 8.60. The van der Waals surface area contributed by atoms with Crippen molar-refractivity contribution in [3.05, 3.63) is 0 Å². The van der Waals surface area contributed by atoms with Gasteiger partial charge in [-0.3, -0.25) is 0 Å². The van der Waals surface area contributed by atoms with Gasteiger partial charge in [0.15, 0.2) is 0 Å². The summed E-state index contributed by atoms with van der Waals surface area (Å²) in [5, 5.41) is 0.567. The first-order valence-electron chi connectivity index (χ1n) is 5.42. The SMILES string of the molecule is CC(C)[B]C12[B]C(CCC1)CC2. The van der Waals surface area contributed by atoms with Crippen LogP contribution in [-0.4, -0.2) is 14.6 Å². The van der Waals surface area contributed by atoms with E-state index in [0.717, 1.165) is 11.6 Å². The summed E-state index contributed by atoms with van der Waals surface area (Å²) < 4.78 is 0. The minimum absolute atomic E-state index is 0.567. The van der Waals surface area contributed by atoms with Crippen molar-refractivity contribution in [2.75, 3.05) is 0 Å². The highest BCUT2D eigenvalue weighted by atomic mass is 14.3. The van der Waals surface area contributed by atoms with Gasteiger partial charge in [0.25, 0.3) is 0 Å². The van der Waals surface area contributed by atoms with E-state index in [0.29, 0.717) is 5.21 Å². The molecule has 0 aromatic heterocycles. The highest BCUT2D eigenvalue weighted by Crippen LogP contribution is 2.54. The van der Waals surface area contributed by atoms with Gasteiger partial charge in [0, 0.05) is 0 Å². The smallest absolute Gasteiger partial charge is 0.0824 e. The van der Waals surface area contributed by atoms with Crippen LogP contribution >= 0.6 is 0 Å². The fourth-order valence-corrected chi connectivity index (χ4v) is 3.11. The maximum Gasteiger partial charge on any atom is 0.111 e. The Labute approximate surface area is 78.0 Å². The van der Waals surface area contributed by atoms with E-state index in [9.17, 15) is 0 Å². The molecule has 64 valence electrons. The quantitative estimate of drug-likeness (QED) is 0.544. The number of rotatable bonds is 2. The number of hydrogen-bond acceptors (Lipinski definition) is 0. The summed E-state index contributed by atoms with van der Waals surface area (Å²) in [6.45, 7) is 4.62. The second-order valence-electron chi connectivity index (χ2n) is 5.00. The van der Waals surface area contributed by atoms with Crippen LogP contribution in [0.15, 0.2) is 0 Å². The van der Waals surface area contributed by atoms with Crippen molar-refractivity contribution in [3.63, 3.8) is 0 Å². The van der Waals surface area contributed by atoms with Gasteiger partial charge in [0.1, 0.15) is 14.6 Å². The van der Waals surface area contributed by atoms with Crippen LogP contribution in [0.3, 0.4) is 0 Å². The van der Waals surface area contributed by atoms with Crippen molar-refractivity contribution >= 4 is 14.6 Å². The van der Waals surface area contributed by atoms with E-state index < -0.39 is 0 Å². The van der Waals surface area contributed by atoms with Gasteiger partial charge in [-0.25, -0.2) is 0 Å². The molecule has 0 nitrogen and oxygen atoms in total. The molecule has 2 fully saturated rings. The molecule has 2 aliphatic rings. The van der Waals surface area contributed by atoms with Crippen molar-refractivity contribution in [3.8, 4) is 0 Å². The van der Waals surface area contributed by atoms with E-state index in [2.05, 4.69) is 28.4 Å². The van der Waals surface area contributed by atoms with Gasteiger partial charge in [-0.1, -0.05) is 62.8 Å². The zero-order valence-corrected chi connectivity index (χ0v) is 8.34. The van der Waals surface area contributed by atoms with Gasteiger partial charge in [-0.15, -0.1) is 0 Å². The standard InChI is InChI=1S/C10H18B2/c1-8(2)11-10-6-3-4-9(12-10)5-7-10/h8-9H,3-7H2,1-2H3. The fourth-order valence-electron chi connectivity index (χ4n) is 3.11. The molecule has 0 saturated carbocycles. The summed E-state index contributed by atoms with van der Waals surface area (Å²) in [5.74, 6) is 1.73. The summed E-state index contributed by atoms with van der Waals surface area (Å²) in [7, 11) is 5.24. The highest BCUT2D eigenvalue weighted by molar-refractivity contribution is 6.64. The highest BCUT2D eigenvalue weighted by Gasteiger charge is 2.42. The molecule has 0 N–H and O–H groups in total. The third-order valence-electron chi connectivity index (χ3n) is 3.43. The minimum Gasteiger partial charge on any atom is -0.0824 e. The first kappa shape index (κ1) is 8.72. The Morgan fingerprint density at radius 2 is 2.17 bits per heavy atom. The first-order chi connectivity index (χ1) is 5.70. The van der Waals surface area contributed by atoms with E-state index in [4.69, 9.17) is 0 Å². The molecule has 2 radical (unpaired) electrons. The molecule has 0 spiro atoms. The average molecular weight is 160 g/mol. The Morgan fingerprint density at radius 1 is 1.33 bits per heavy atom. The zero-order valence-electron chi connectivity index (χ0n) is 8.34. The van der Waals surface area contributed by atoms with Gasteiger partial charge in [0.05, 0.1) is 0 Å². The summed E-state index contributed by atoms with van der Waals surface area (Å²) in [5.41, 5.74) is 0. The third-order valence-corrected chi connectivity index (χ3v) is 3.43. The molecule has 2 atom stereocenters. The fraction of sp³-hybridized carbons (Fsp3) is 1.00. The van der Waals surface area contributed by atoms with Crippen molar-refractivity contribution in [2.24, 2.45) is 0 Å². The maximum absolute atomic E-state index is 2.65. The van der Waals surface area contributed by atoms with Crippen molar-refractivity contribution in [1.29, 1.82) is 0 Å². The van der Waals surface area contributed by atoms with Crippen LogP contribution in [0.2, 0.25) is 16.8 Å². The molecule has 2 heterocycles. The third kappa shape index (κ3) is 1.58. The minimum atomic E-state index is 0.567. The maximum atomic E-state index is 2.65. The van der Waals surface area contributed by atoms with Crippen molar-refractivity contribution < 1.29 is 0 Å². The van der Waals surface area contributed by atoms with E-state index in [1.807, 2.05) is 0 Å². The van der Waals surface area contributed by atoms with Gasteiger partial charge in [0.2, 0.25) is 0 Å². The molecule has 2 unspecified atom stereocenters. The van der Waals surface area contributed by atoms with Crippen LogP contribution < -0.4 is 0 Å². The van der Waals surface area contributed by atoms with Crippen molar-refractivity contribution in [2.45, 2.75) is 62.8 Å². The Balaban J connectivity index is 2.00. The Hall–Kier alpha value is 0.130. The lowest BCUT2D eigenvalue weighted by molar-refractivity contribution is 0.608. The largest absolute Gasteiger partial charge is 0.111 e. The molecule has 2 saturated heterocycles. The monoisotopic (exact) mass is 160 g/mol. The normalized spacial score (nSPS) is 39.8. The van der Waals surface area contributed by atoms with Crippen LogP contribution in [0, 0.1) is 0 Å². The molecule has 2 aliphatic heterocycles. The molecule has 0 aromatic rings. The van der Waals surface area contributed by atoms with Gasteiger partial charge in [-0.2, -0.15) is 0 Å². The van der Waals surface area contributed by atoms with E-state index in [1.54, 1.807) is 0 Å². The van der Waals surface area contributed by atoms with Gasteiger partial charge < -0.3 is 0 Å². The predicted octanol–water partition coefficient (Wildman–Crippen LogP) is 3.11. The molecule has 0 aliphatic carbocycles. The van der Waals surface area contributed by atoms with Crippen LogP contribution in [0.5, 0.6) is 0 Å². The van der Waals surface area contributed by atoms with Crippen LogP contribution in [0.25, 0.3) is 0 Å². The molecule has 12 heavy (non-hydrogen) atoms. The Kier molecular flexibility index (Phi) is 2.27. The molecule has 0 aromatic carbocycles. The topological polar surface area (TPSA) is 0 Å². The Morgan fingerprint density at radius 3 is 2.92 bits per heavy atom. The molecular weight excluding hydrogens is 142 g/mol. The average Bonchev–Trinajstić information content (AvgIpc) is 2.25. The van der Waals surface area contributed by atoms with Crippen LogP contribution in [0.1, 0.15) is 46.0 Å². The molecule has 2 heteroatoms. The van der Waals surface area contributed by atoms with Crippen LogP contribution in [0.4, 0.5) is 0 Å². The van der Waals surface area contributed by atoms with E-state index in [-0.39, 0.29) is 0 Å². The number of fused-ring (bicyclic) bond motifs is 2. The summed E-state index contributed by atoms with van der Waals surface area (Å²) >= 11 is 0. The van der Waals surface area contributed by atoms with Crippen molar-refractivity contribution in [1.82, 2.24) is 0 Å². The molecule has 0 amide bonds. The van der Waals surface area contributed by atoms with E-state index >= 15 is 0 Å². The van der Waals surface area contributed by atoms with Gasteiger partial charge >= 0.3 is 0 Å². The second-order valence-corrected chi connectivity index (χ2v) is 5.00. The second kappa shape index (κ2) is 3.12. The molecular formula is C10H18B2. The van der Waals surface area contributed by atoms with E-state index in [1.165, 1.54) is 32.1 Å². The van der Waals surface area contributed by atoms with Crippen LogP contribution in [-0.2, 0) is 0 Å². The molecule has 2 bridgehead atoms. The lowest BCUT2D eigenvalue weighted by Crippen LogP contribution is -2.28. The summed E-state index contributed by atoms with van der Waals surface area (Å²) in [6.07, 6.45) is 7.26. The summed E-state index contributed by atoms with van der Waals surface area (Å²) in [6, 6.07) is 0. The number of hydrogen-bond donors (Lipinski definition) is 0. The Bertz CT molecular complexity index is 163.